The minimum absolute atomic E-state index is 0.0382. The largest absolute Gasteiger partial charge is 0.387 e. The fourth-order valence-electron chi connectivity index (χ4n) is 1.89. The van der Waals surface area contributed by atoms with Crippen molar-refractivity contribution in [1.29, 1.82) is 0 Å². The molecule has 2 rings (SSSR count). The van der Waals surface area contributed by atoms with Gasteiger partial charge in [0, 0.05) is 19.0 Å². The highest BCUT2D eigenvalue weighted by atomic mass is 32.2. The lowest BCUT2D eigenvalue weighted by Gasteiger charge is -2.41. The molecule has 0 aromatic carbocycles. The van der Waals surface area contributed by atoms with Crippen molar-refractivity contribution < 1.29 is 13.5 Å². The van der Waals surface area contributed by atoms with Crippen molar-refractivity contribution in [2.24, 2.45) is 5.92 Å². The van der Waals surface area contributed by atoms with Gasteiger partial charge in [-0.05, 0) is 6.42 Å². The molecule has 4 nitrogen and oxygen atoms in total. The SMILES string of the molecule is O=S1(=O)CCC(C2(O)CNC2)C1. The summed E-state index contributed by atoms with van der Waals surface area (Å²) in [7, 11) is -2.84. The predicted molar refractivity (Wildman–Crippen MR) is 44.6 cm³/mol. The molecule has 2 heterocycles. The first-order chi connectivity index (χ1) is 5.52. The number of hydrogen-bond acceptors (Lipinski definition) is 4. The third-order valence-corrected chi connectivity index (χ3v) is 4.62. The van der Waals surface area contributed by atoms with Crippen LogP contribution < -0.4 is 5.32 Å². The molecule has 12 heavy (non-hydrogen) atoms. The molecule has 2 N–H and O–H groups in total. The van der Waals surface area contributed by atoms with E-state index >= 15 is 0 Å². The lowest BCUT2D eigenvalue weighted by Crippen LogP contribution is -2.63. The smallest absolute Gasteiger partial charge is 0.150 e. The molecular formula is C7H13NO3S. The van der Waals surface area contributed by atoms with Gasteiger partial charge in [0.05, 0.1) is 17.1 Å². The molecule has 0 aromatic rings. The summed E-state index contributed by atoms with van der Waals surface area (Å²) in [6, 6.07) is 0. The maximum atomic E-state index is 11.1. The van der Waals surface area contributed by atoms with Gasteiger partial charge in [0.2, 0.25) is 0 Å². The zero-order valence-corrected chi connectivity index (χ0v) is 7.60. The topological polar surface area (TPSA) is 66.4 Å². The van der Waals surface area contributed by atoms with Crippen molar-refractivity contribution >= 4 is 9.84 Å². The van der Waals surface area contributed by atoms with Crippen molar-refractivity contribution in [1.82, 2.24) is 5.32 Å². The van der Waals surface area contributed by atoms with Gasteiger partial charge in [-0.25, -0.2) is 8.42 Å². The van der Waals surface area contributed by atoms with E-state index in [9.17, 15) is 13.5 Å². The molecule has 0 amide bonds. The van der Waals surface area contributed by atoms with Crippen LogP contribution in [0.15, 0.2) is 0 Å². The first-order valence-electron chi connectivity index (χ1n) is 4.15. The molecule has 0 radical (unpaired) electrons. The summed E-state index contributed by atoms with van der Waals surface area (Å²) in [4.78, 5) is 0. The van der Waals surface area contributed by atoms with Crippen LogP contribution in [0.1, 0.15) is 6.42 Å². The Morgan fingerprint density at radius 3 is 2.42 bits per heavy atom. The van der Waals surface area contributed by atoms with Crippen LogP contribution in [0.3, 0.4) is 0 Å². The van der Waals surface area contributed by atoms with Crippen LogP contribution in [-0.4, -0.2) is 43.7 Å². The molecular weight excluding hydrogens is 178 g/mol. The zero-order chi connectivity index (χ0) is 8.82. The highest BCUT2D eigenvalue weighted by Crippen LogP contribution is 2.31. The summed E-state index contributed by atoms with van der Waals surface area (Å²) < 4.78 is 22.2. The Morgan fingerprint density at radius 2 is 2.08 bits per heavy atom. The summed E-state index contributed by atoms with van der Waals surface area (Å²) in [6.07, 6.45) is 0.626. The Labute approximate surface area is 71.9 Å². The summed E-state index contributed by atoms with van der Waals surface area (Å²) in [5, 5.41) is 12.8. The van der Waals surface area contributed by atoms with Crippen molar-refractivity contribution in [2.45, 2.75) is 12.0 Å². The molecule has 2 aliphatic heterocycles. The van der Waals surface area contributed by atoms with Gasteiger partial charge in [-0.15, -0.1) is 0 Å². The molecule has 0 bridgehead atoms. The third-order valence-electron chi connectivity index (χ3n) is 2.85. The monoisotopic (exact) mass is 191 g/mol. The zero-order valence-electron chi connectivity index (χ0n) is 6.78. The molecule has 2 saturated heterocycles. The van der Waals surface area contributed by atoms with Crippen LogP contribution in [0.2, 0.25) is 0 Å². The summed E-state index contributed by atoms with van der Waals surface area (Å²) in [5.74, 6) is 0.384. The number of rotatable bonds is 1. The van der Waals surface area contributed by atoms with Crippen LogP contribution in [-0.2, 0) is 9.84 Å². The first kappa shape index (κ1) is 8.47. The molecule has 5 heteroatoms. The van der Waals surface area contributed by atoms with Crippen molar-refractivity contribution in [3.05, 3.63) is 0 Å². The standard InChI is InChI=1S/C7H13NO3S/c9-7(4-8-5-7)6-1-2-12(10,11)3-6/h6,8-9H,1-5H2. The van der Waals surface area contributed by atoms with Gasteiger partial charge in [-0.1, -0.05) is 0 Å². The Kier molecular flexibility index (Phi) is 1.72. The number of hydrogen-bond donors (Lipinski definition) is 2. The van der Waals surface area contributed by atoms with E-state index in [-0.39, 0.29) is 17.4 Å². The third kappa shape index (κ3) is 1.26. The minimum Gasteiger partial charge on any atom is -0.387 e. The van der Waals surface area contributed by atoms with Crippen molar-refractivity contribution in [3.63, 3.8) is 0 Å². The van der Waals surface area contributed by atoms with Gasteiger partial charge in [-0.3, -0.25) is 0 Å². The van der Waals surface area contributed by atoms with Crippen LogP contribution in [0.25, 0.3) is 0 Å². The summed E-state index contributed by atoms with van der Waals surface area (Å²) in [6.45, 7) is 1.10. The lowest BCUT2D eigenvalue weighted by molar-refractivity contribution is -0.0530. The van der Waals surface area contributed by atoms with E-state index in [0.717, 1.165) is 0 Å². The van der Waals surface area contributed by atoms with E-state index in [1.54, 1.807) is 0 Å². The summed E-state index contributed by atoms with van der Waals surface area (Å²) in [5.41, 5.74) is -0.733. The normalized spacial score (nSPS) is 37.6. The quantitative estimate of drug-likeness (QED) is 0.544. The highest BCUT2D eigenvalue weighted by molar-refractivity contribution is 7.91. The van der Waals surface area contributed by atoms with Gasteiger partial charge in [0.15, 0.2) is 9.84 Å². The Hall–Kier alpha value is -0.130. The molecule has 70 valence electrons. The Bertz CT molecular complexity index is 281. The molecule has 2 aliphatic rings. The van der Waals surface area contributed by atoms with Crippen LogP contribution in [0, 0.1) is 5.92 Å². The van der Waals surface area contributed by atoms with Gasteiger partial charge in [0.1, 0.15) is 0 Å². The maximum Gasteiger partial charge on any atom is 0.150 e. The highest BCUT2D eigenvalue weighted by Gasteiger charge is 2.46. The molecule has 1 unspecified atom stereocenters. The Morgan fingerprint density at radius 1 is 1.42 bits per heavy atom. The van der Waals surface area contributed by atoms with E-state index in [0.29, 0.717) is 19.5 Å². The van der Waals surface area contributed by atoms with Gasteiger partial charge < -0.3 is 10.4 Å². The number of sulfone groups is 1. The van der Waals surface area contributed by atoms with Gasteiger partial charge >= 0.3 is 0 Å². The van der Waals surface area contributed by atoms with Gasteiger partial charge in [-0.2, -0.15) is 0 Å². The maximum absolute atomic E-state index is 11.1. The minimum atomic E-state index is -2.84. The van der Waals surface area contributed by atoms with E-state index in [1.807, 2.05) is 0 Å². The average molecular weight is 191 g/mol. The van der Waals surface area contributed by atoms with Crippen molar-refractivity contribution in [3.8, 4) is 0 Å². The fourth-order valence-corrected chi connectivity index (χ4v) is 3.79. The summed E-state index contributed by atoms with van der Waals surface area (Å²) >= 11 is 0. The van der Waals surface area contributed by atoms with E-state index < -0.39 is 15.4 Å². The van der Waals surface area contributed by atoms with Crippen LogP contribution in [0.4, 0.5) is 0 Å². The molecule has 0 aromatic heterocycles. The molecule has 0 saturated carbocycles. The van der Waals surface area contributed by atoms with Gasteiger partial charge in [0.25, 0.3) is 0 Å². The number of aliphatic hydroxyl groups is 1. The number of β-amino-alcohol motifs (C(OH)–C–C–N with tert-alkyl or cyclic N) is 1. The molecule has 2 fully saturated rings. The van der Waals surface area contributed by atoms with Crippen molar-refractivity contribution in [2.75, 3.05) is 24.6 Å². The second-order valence-electron chi connectivity index (χ2n) is 3.81. The molecule has 1 atom stereocenters. The molecule has 0 spiro atoms. The number of nitrogens with one attached hydrogen (secondary N) is 1. The van der Waals surface area contributed by atoms with E-state index in [1.165, 1.54) is 0 Å². The molecule has 0 aliphatic carbocycles. The average Bonchev–Trinajstić information content (AvgIpc) is 2.25. The first-order valence-corrected chi connectivity index (χ1v) is 5.98. The van der Waals surface area contributed by atoms with E-state index in [2.05, 4.69) is 5.32 Å². The van der Waals surface area contributed by atoms with E-state index in [4.69, 9.17) is 0 Å². The Balaban J connectivity index is 2.08. The predicted octanol–water partition coefficient (Wildman–Crippen LogP) is -1.24. The van der Waals surface area contributed by atoms with Crippen LogP contribution in [0.5, 0.6) is 0 Å². The lowest BCUT2D eigenvalue weighted by atomic mass is 9.82. The second kappa shape index (κ2) is 2.43. The fraction of sp³-hybridized carbons (Fsp3) is 1.00. The van der Waals surface area contributed by atoms with Crippen LogP contribution >= 0.6 is 0 Å². The second-order valence-corrected chi connectivity index (χ2v) is 6.04.